The minimum Gasteiger partial charge on any atom is -0.481 e. The molecular weight excluding hydrogens is 270 g/mol. The van der Waals surface area contributed by atoms with Gasteiger partial charge in [-0.15, -0.1) is 0 Å². The third-order valence-electron chi connectivity index (χ3n) is 4.06. The molecule has 1 saturated heterocycles. The third kappa shape index (κ3) is 2.80. The van der Waals surface area contributed by atoms with Crippen molar-refractivity contribution in [3.63, 3.8) is 0 Å². The Kier molecular flexibility index (Phi) is 3.70. The first-order chi connectivity index (χ1) is 10.1. The van der Waals surface area contributed by atoms with E-state index in [9.17, 15) is 9.90 Å². The van der Waals surface area contributed by atoms with Crippen LogP contribution in [-0.4, -0.2) is 39.4 Å². The third-order valence-corrected chi connectivity index (χ3v) is 4.06. The molecule has 21 heavy (non-hydrogen) atoms. The van der Waals surface area contributed by atoms with Crippen molar-refractivity contribution >= 4 is 5.97 Å². The number of carboxylic acids is 1. The summed E-state index contributed by atoms with van der Waals surface area (Å²) in [6, 6.07) is 9.82. The van der Waals surface area contributed by atoms with Gasteiger partial charge in [0.15, 0.2) is 0 Å². The van der Waals surface area contributed by atoms with E-state index in [-0.39, 0.29) is 5.92 Å². The Morgan fingerprint density at radius 2 is 2.10 bits per heavy atom. The van der Waals surface area contributed by atoms with Crippen molar-refractivity contribution in [3.8, 4) is 0 Å². The monoisotopic (exact) mass is 287 g/mol. The second-order valence-electron chi connectivity index (χ2n) is 5.45. The minimum absolute atomic E-state index is 0.00358. The van der Waals surface area contributed by atoms with Crippen molar-refractivity contribution in [1.29, 1.82) is 0 Å². The predicted octanol–water partition coefficient (Wildman–Crippen LogP) is 1.68. The van der Waals surface area contributed by atoms with Gasteiger partial charge in [-0.3, -0.25) is 9.69 Å². The van der Waals surface area contributed by atoms with E-state index >= 15 is 0 Å². The SMILES string of the molecule is Cc1nonc1CN1C[C@H](c2ccccc2)[C@H](C(=O)O)C1. The predicted molar refractivity (Wildman–Crippen MR) is 74.6 cm³/mol. The van der Waals surface area contributed by atoms with Crippen LogP contribution in [0.5, 0.6) is 0 Å². The summed E-state index contributed by atoms with van der Waals surface area (Å²) in [5.41, 5.74) is 2.60. The van der Waals surface area contributed by atoms with Crippen LogP contribution >= 0.6 is 0 Å². The number of hydrogen-bond acceptors (Lipinski definition) is 5. The molecule has 6 heteroatoms. The van der Waals surface area contributed by atoms with Crippen LogP contribution in [0.25, 0.3) is 0 Å². The normalized spacial score (nSPS) is 22.5. The van der Waals surface area contributed by atoms with Crippen LogP contribution in [0.15, 0.2) is 35.0 Å². The van der Waals surface area contributed by atoms with Crippen molar-refractivity contribution in [3.05, 3.63) is 47.3 Å². The molecule has 2 heterocycles. The number of carbonyl (C=O) groups is 1. The Morgan fingerprint density at radius 1 is 1.33 bits per heavy atom. The molecule has 1 aromatic heterocycles. The van der Waals surface area contributed by atoms with Crippen LogP contribution in [0.1, 0.15) is 22.9 Å². The van der Waals surface area contributed by atoms with Crippen LogP contribution < -0.4 is 0 Å². The van der Waals surface area contributed by atoms with Crippen LogP contribution in [0.2, 0.25) is 0 Å². The first-order valence-electron chi connectivity index (χ1n) is 6.93. The molecule has 0 amide bonds. The molecule has 0 radical (unpaired) electrons. The Balaban J connectivity index is 1.78. The summed E-state index contributed by atoms with van der Waals surface area (Å²) >= 11 is 0. The van der Waals surface area contributed by atoms with Crippen LogP contribution in [0, 0.1) is 12.8 Å². The molecule has 1 fully saturated rings. The van der Waals surface area contributed by atoms with Gasteiger partial charge in [-0.2, -0.15) is 0 Å². The molecule has 3 rings (SSSR count). The number of nitrogens with zero attached hydrogens (tertiary/aromatic N) is 3. The summed E-state index contributed by atoms with van der Waals surface area (Å²) in [5, 5.41) is 17.1. The minimum atomic E-state index is -0.749. The smallest absolute Gasteiger partial charge is 0.308 e. The number of hydrogen-bond donors (Lipinski definition) is 1. The highest BCUT2D eigenvalue weighted by Crippen LogP contribution is 2.33. The lowest BCUT2D eigenvalue weighted by Gasteiger charge is -2.15. The molecule has 110 valence electrons. The molecule has 1 aliphatic heterocycles. The Morgan fingerprint density at radius 3 is 2.71 bits per heavy atom. The average molecular weight is 287 g/mol. The number of rotatable bonds is 4. The van der Waals surface area contributed by atoms with Crippen molar-refractivity contribution in [2.24, 2.45) is 5.92 Å². The summed E-state index contributed by atoms with van der Waals surface area (Å²) < 4.78 is 4.70. The molecular formula is C15H17N3O3. The van der Waals surface area contributed by atoms with Crippen molar-refractivity contribution < 1.29 is 14.5 Å². The van der Waals surface area contributed by atoms with E-state index in [4.69, 9.17) is 4.63 Å². The molecule has 0 aliphatic carbocycles. The number of carboxylic acid groups (broad SMARTS) is 1. The standard InChI is InChI=1S/C15H17N3O3/c1-10-14(17-21-16-10)9-18-7-12(13(8-18)15(19)20)11-5-3-2-4-6-11/h2-6,12-13H,7-9H2,1H3,(H,19,20)/t12-,13-/m1/s1. The van der Waals surface area contributed by atoms with E-state index in [1.54, 1.807) is 0 Å². The van der Waals surface area contributed by atoms with Gasteiger partial charge in [0, 0.05) is 25.6 Å². The van der Waals surface area contributed by atoms with E-state index in [0.29, 0.717) is 19.6 Å². The highest BCUT2D eigenvalue weighted by Gasteiger charge is 2.38. The average Bonchev–Trinajstić information content (AvgIpc) is 3.08. The van der Waals surface area contributed by atoms with E-state index in [0.717, 1.165) is 17.0 Å². The van der Waals surface area contributed by atoms with E-state index in [2.05, 4.69) is 15.2 Å². The van der Waals surface area contributed by atoms with Crippen molar-refractivity contribution in [2.45, 2.75) is 19.4 Å². The van der Waals surface area contributed by atoms with Crippen LogP contribution in [0.3, 0.4) is 0 Å². The maximum absolute atomic E-state index is 11.5. The molecule has 0 saturated carbocycles. The molecule has 1 aromatic carbocycles. The zero-order valence-electron chi connectivity index (χ0n) is 11.8. The topological polar surface area (TPSA) is 79.5 Å². The second-order valence-corrected chi connectivity index (χ2v) is 5.45. The summed E-state index contributed by atoms with van der Waals surface area (Å²) in [5.74, 6) is -1.14. The quantitative estimate of drug-likeness (QED) is 0.921. The maximum Gasteiger partial charge on any atom is 0.308 e. The fourth-order valence-electron chi connectivity index (χ4n) is 2.91. The second kappa shape index (κ2) is 5.65. The van der Waals surface area contributed by atoms with Crippen molar-refractivity contribution in [1.82, 2.24) is 15.2 Å². The summed E-state index contributed by atoms with van der Waals surface area (Å²) in [6.45, 7) is 3.63. The van der Waals surface area contributed by atoms with Gasteiger partial charge in [-0.25, -0.2) is 4.63 Å². The zero-order chi connectivity index (χ0) is 14.8. The Labute approximate surface area is 122 Å². The van der Waals surface area contributed by atoms with E-state index in [1.807, 2.05) is 37.3 Å². The largest absolute Gasteiger partial charge is 0.481 e. The summed E-state index contributed by atoms with van der Waals surface area (Å²) in [7, 11) is 0. The number of aryl methyl sites for hydroxylation is 1. The van der Waals surface area contributed by atoms with Crippen molar-refractivity contribution in [2.75, 3.05) is 13.1 Å². The molecule has 6 nitrogen and oxygen atoms in total. The number of aliphatic carboxylic acids is 1. The molecule has 0 unspecified atom stereocenters. The lowest BCUT2D eigenvalue weighted by molar-refractivity contribution is -0.141. The molecule has 1 N–H and O–H groups in total. The lowest BCUT2D eigenvalue weighted by atomic mass is 9.89. The number of benzene rings is 1. The maximum atomic E-state index is 11.5. The van der Waals surface area contributed by atoms with Gasteiger partial charge in [0.2, 0.25) is 0 Å². The molecule has 2 atom stereocenters. The Hall–Kier alpha value is -2.21. The van der Waals surface area contributed by atoms with Gasteiger partial charge in [0.1, 0.15) is 11.4 Å². The highest BCUT2D eigenvalue weighted by molar-refractivity contribution is 5.72. The van der Waals surface area contributed by atoms with Gasteiger partial charge in [-0.05, 0) is 12.5 Å². The fourth-order valence-corrected chi connectivity index (χ4v) is 2.91. The van der Waals surface area contributed by atoms with Gasteiger partial charge in [-0.1, -0.05) is 40.6 Å². The molecule has 0 bridgehead atoms. The summed E-state index contributed by atoms with van der Waals surface area (Å²) in [6.07, 6.45) is 0. The van der Waals surface area contributed by atoms with E-state index < -0.39 is 11.9 Å². The number of likely N-dealkylation sites (tertiary alicyclic amines) is 1. The highest BCUT2D eigenvalue weighted by atomic mass is 16.6. The first-order valence-corrected chi connectivity index (χ1v) is 6.93. The zero-order valence-corrected chi connectivity index (χ0v) is 11.8. The van der Waals surface area contributed by atoms with Gasteiger partial charge >= 0.3 is 5.97 Å². The van der Waals surface area contributed by atoms with E-state index in [1.165, 1.54) is 0 Å². The van der Waals surface area contributed by atoms with Gasteiger partial charge < -0.3 is 5.11 Å². The summed E-state index contributed by atoms with van der Waals surface area (Å²) in [4.78, 5) is 13.6. The van der Waals surface area contributed by atoms with Crippen LogP contribution in [-0.2, 0) is 11.3 Å². The van der Waals surface area contributed by atoms with Crippen LogP contribution in [0.4, 0.5) is 0 Å². The fraction of sp³-hybridized carbons (Fsp3) is 0.400. The number of aromatic nitrogens is 2. The van der Waals surface area contributed by atoms with Gasteiger partial charge in [0.25, 0.3) is 0 Å². The molecule has 2 aromatic rings. The molecule has 1 aliphatic rings. The van der Waals surface area contributed by atoms with Gasteiger partial charge in [0.05, 0.1) is 5.92 Å². The lowest BCUT2D eigenvalue weighted by Crippen LogP contribution is -2.23. The molecule has 0 spiro atoms. The first kappa shape index (κ1) is 13.8. The Bertz CT molecular complexity index is 626.